The second-order valence-electron chi connectivity index (χ2n) is 4.99. The van der Waals surface area contributed by atoms with Gasteiger partial charge in [-0.1, -0.05) is 29.8 Å². The van der Waals surface area contributed by atoms with Gasteiger partial charge in [-0.15, -0.1) is 10.2 Å². The van der Waals surface area contributed by atoms with Crippen LogP contribution < -0.4 is 5.32 Å². The summed E-state index contributed by atoms with van der Waals surface area (Å²) < 4.78 is 1.83. The monoisotopic (exact) mass is 314 g/mol. The number of nitrogens with one attached hydrogen (secondary N) is 1. The molecule has 0 aliphatic heterocycles. The van der Waals surface area contributed by atoms with E-state index in [4.69, 9.17) is 11.6 Å². The zero-order valence-electron chi connectivity index (χ0n) is 12.1. The van der Waals surface area contributed by atoms with E-state index < -0.39 is 0 Å². The highest BCUT2D eigenvalue weighted by molar-refractivity contribution is 6.31. The molecule has 1 N–H and O–H groups in total. The van der Waals surface area contributed by atoms with Crippen LogP contribution in [0, 0.1) is 6.92 Å². The highest BCUT2D eigenvalue weighted by Crippen LogP contribution is 2.15. The van der Waals surface area contributed by atoms with E-state index in [0.717, 1.165) is 16.4 Å². The van der Waals surface area contributed by atoms with Gasteiger partial charge in [-0.2, -0.15) is 0 Å². The SMILES string of the molecule is Cc1nnc2cc(C(=O)NCCc3ccccc3Cl)ccn12. The molecule has 6 heteroatoms. The fourth-order valence-corrected chi connectivity index (χ4v) is 2.50. The van der Waals surface area contributed by atoms with Gasteiger partial charge in [0.15, 0.2) is 5.65 Å². The Morgan fingerprint density at radius 1 is 1.27 bits per heavy atom. The van der Waals surface area contributed by atoms with Gasteiger partial charge in [-0.25, -0.2) is 0 Å². The van der Waals surface area contributed by atoms with Crippen molar-refractivity contribution < 1.29 is 4.79 Å². The summed E-state index contributed by atoms with van der Waals surface area (Å²) in [7, 11) is 0. The maximum atomic E-state index is 12.2. The minimum absolute atomic E-state index is 0.129. The molecule has 0 atom stereocenters. The Morgan fingerprint density at radius 3 is 2.91 bits per heavy atom. The largest absolute Gasteiger partial charge is 0.352 e. The minimum atomic E-state index is -0.129. The van der Waals surface area contributed by atoms with Crippen molar-refractivity contribution in [2.45, 2.75) is 13.3 Å². The number of rotatable bonds is 4. The molecule has 0 bridgehead atoms. The van der Waals surface area contributed by atoms with E-state index in [0.29, 0.717) is 24.2 Å². The topological polar surface area (TPSA) is 59.3 Å². The van der Waals surface area contributed by atoms with Gasteiger partial charge in [0.2, 0.25) is 0 Å². The summed E-state index contributed by atoms with van der Waals surface area (Å²) >= 11 is 6.09. The number of aryl methyl sites for hydroxylation is 1. The number of fused-ring (bicyclic) bond motifs is 1. The van der Waals surface area contributed by atoms with Crippen LogP contribution in [0.25, 0.3) is 5.65 Å². The summed E-state index contributed by atoms with van der Waals surface area (Å²) in [6.45, 7) is 2.39. The van der Waals surface area contributed by atoms with Crippen LogP contribution in [0.5, 0.6) is 0 Å². The molecule has 2 heterocycles. The van der Waals surface area contributed by atoms with Crippen LogP contribution in [0.1, 0.15) is 21.7 Å². The lowest BCUT2D eigenvalue weighted by molar-refractivity contribution is 0.0954. The lowest BCUT2D eigenvalue weighted by Gasteiger charge is -2.07. The van der Waals surface area contributed by atoms with Crippen molar-refractivity contribution in [1.29, 1.82) is 0 Å². The lowest BCUT2D eigenvalue weighted by Crippen LogP contribution is -2.25. The molecule has 0 saturated carbocycles. The highest BCUT2D eigenvalue weighted by atomic mass is 35.5. The Kier molecular flexibility index (Phi) is 4.06. The van der Waals surface area contributed by atoms with Gasteiger partial charge in [0, 0.05) is 23.3 Å². The molecule has 0 saturated heterocycles. The van der Waals surface area contributed by atoms with E-state index in [-0.39, 0.29) is 5.91 Å². The smallest absolute Gasteiger partial charge is 0.251 e. The van der Waals surface area contributed by atoms with Gasteiger partial charge >= 0.3 is 0 Å². The Balaban J connectivity index is 1.65. The number of hydrogen-bond donors (Lipinski definition) is 1. The van der Waals surface area contributed by atoms with Crippen LogP contribution in [0.4, 0.5) is 0 Å². The van der Waals surface area contributed by atoms with Crippen LogP contribution >= 0.6 is 11.6 Å². The molecule has 3 aromatic rings. The second-order valence-corrected chi connectivity index (χ2v) is 5.40. The molecule has 22 heavy (non-hydrogen) atoms. The zero-order valence-corrected chi connectivity index (χ0v) is 12.8. The number of carbonyl (C=O) groups excluding carboxylic acids is 1. The predicted octanol–water partition coefficient (Wildman–Crippen LogP) is 2.66. The summed E-state index contributed by atoms with van der Waals surface area (Å²) in [6, 6.07) is 11.1. The first-order valence-corrected chi connectivity index (χ1v) is 7.36. The van der Waals surface area contributed by atoms with Gasteiger partial charge in [0.25, 0.3) is 5.91 Å². The first-order valence-electron chi connectivity index (χ1n) is 6.98. The fourth-order valence-electron chi connectivity index (χ4n) is 2.27. The van der Waals surface area contributed by atoms with E-state index in [2.05, 4.69) is 15.5 Å². The lowest BCUT2D eigenvalue weighted by atomic mass is 10.1. The summed E-state index contributed by atoms with van der Waals surface area (Å²) in [5.74, 6) is 0.663. The third-order valence-electron chi connectivity index (χ3n) is 3.48. The number of halogens is 1. The normalized spacial score (nSPS) is 10.8. The molecular formula is C16H15ClN4O. The Hall–Kier alpha value is -2.40. The maximum Gasteiger partial charge on any atom is 0.251 e. The van der Waals surface area contributed by atoms with Crippen molar-refractivity contribution in [3.8, 4) is 0 Å². The first-order chi connectivity index (χ1) is 10.6. The third kappa shape index (κ3) is 2.94. The van der Waals surface area contributed by atoms with E-state index >= 15 is 0 Å². The Labute approximate surface area is 132 Å². The minimum Gasteiger partial charge on any atom is -0.352 e. The molecule has 112 valence electrons. The molecule has 0 unspecified atom stereocenters. The zero-order chi connectivity index (χ0) is 15.5. The third-order valence-corrected chi connectivity index (χ3v) is 3.85. The number of hydrogen-bond acceptors (Lipinski definition) is 3. The molecule has 0 aliphatic carbocycles. The van der Waals surface area contributed by atoms with E-state index in [1.54, 1.807) is 18.3 Å². The number of pyridine rings is 1. The summed E-state index contributed by atoms with van der Waals surface area (Å²) in [5.41, 5.74) is 2.25. The number of amides is 1. The average Bonchev–Trinajstić information content (AvgIpc) is 2.90. The number of nitrogens with zero attached hydrogens (tertiary/aromatic N) is 3. The molecule has 5 nitrogen and oxygen atoms in total. The van der Waals surface area contributed by atoms with Crippen molar-refractivity contribution in [2.75, 3.05) is 6.54 Å². The van der Waals surface area contributed by atoms with Gasteiger partial charge in [-0.3, -0.25) is 9.20 Å². The van der Waals surface area contributed by atoms with Gasteiger partial charge < -0.3 is 5.32 Å². The van der Waals surface area contributed by atoms with Crippen LogP contribution in [0.3, 0.4) is 0 Å². The number of aromatic nitrogens is 3. The predicted molar refractivity (Wildman–Crippen MR) is 85.2 cm³/mol. The highest BCUT2D eigenvalue weighted by Gasteiger charge is 2.08. The van der Waals surface area contributed by atoms with Crippen molar-refractivity contribution in [3.63, 3.8) is 0 Å². The van der Waals surface area contributed by atoms with Gasteiger partial charge in [0.05, 0.1) is 0 Å². The fraction of sp³-hybridized carbons (Fsp3) is 0.188. The molecule has 1 aromatic carbocycles. The maximum absolute atomic E-state index is 12.2. The summed E-state index contributed by atoms with van der Waals surface area (Å²) in [5, 5.41) is 11.6. The van der Waals surface area contributed by atoms with Crippen LogP contribution in [0.15, 0.2) is 42.6 Å². The molecule has 3 rings (SSSR count). The quantitative estimate of drug-likeness (QED) is 0.805. The van der Waals surface area contributed by atoms with Crippen LogP contribution in [0.2, 0.25) is 5.02 Å². The first kappa shape index (κ1) is 14.5. The van der Waals surface area contributed by atoms with Crippen molar-refractivity contribution in [1.82, 2.24) is 19.9 Å². The molecule has 0 aliphatic rings. The van der Waals surface area contributed by atoms with Crippen LogP contribution in [-0.4, -0.2) is 27.0 Å². The molecule has 2 aromatic heterocycles. The Morgan fingerprint density at radius 2 is 2.09 bits per heavy atom. The van der Waals surface area contributed by atoms with E-state index in [1.807, 2.05) is 35.6 Å². The molecule has 0 fully saturated rings. The van der Waals surface area contributed by atoms with E-state index in [9.17, 15) is 4.79 Å². The second kappa shape index (κ2) is 6.15. The summed E-state index contributed by atoms with van der Waals surface area (Å²) in [4.78, 5) is 12.2. The van der Waals surface area contributed by atoms with Gasteiger partial charge in [0.1, 0.15) is 5.82 Å². The van der Waals surface area contributed by atoms with Crippen LogP contribution in [-0.2, 0) is 6.42 Å². The van der Waals surface area contributed by atoms with Crippen molar-refractivity contribution in [3.05, 3.63) is 64.6 Å². The Bertz CT molecular complexity index is 828. The standard InChI is InChI=1S/C16H15ClN4O/c1-11-19-20-15-10-13(7-9-21(11)15)16(22)18-8-6-12-4-2-3-5-14(12)17/h2-5,7,9-10H,6,8H2,1H3,(H,18,22). The average molecular weight is 315 g/mol. The summed E-state index contributed by atoms with van der Waals surface area (Å²) in [6.07, 6.45) is 2.49. The van der Waals surface area contributed by atoms with Gasteiger partial charge in [-0.05, 0) is 37.1 Å². The van der Waals surface area contributed by atoms with Crippen molar-refractivity contribution >= 4 is 23.2 Å². The molecular weight excluding hydrogens is 300 g/mol. The number of carbonyl (C=O) groups is 1. The molecule has 0 radical (unpaired) electrons. The van der Waals surface area contributed by atoms with Crippen molar-refractivity contribution in [2.24, 2.45) is 0 Å². The molecule has 1 amide bonds. The molecule has 0 spiro atoms. The van der Waals surface area contributed by atoms with E-state index in [1.165, 1.54) is 0 Å². The number of benzene rings is 1.